The maximum atomic E-state index is 12.9. The molecule has 0 saturated heterocycles. The van der Waals surface area contributed by atoms with Gasteiger partial charge in [-0.2, -0.15) is 0 Å². The molecule has 0 radical (unpaired) electrons. The number of hydrogen-bond donors (Lipinski definition) is 3. The molecule has 3 N–H and O–H groups in total. The van der Waals surface area contributed by atoms with E-state index < -0.39 is 17.5 Å². The third-order valence-corrected chi connectivity index (χ3v) is 6.90. The summed E-state index contributed by atoms with van der Waals surface area (Å²) in [4.78, 5) is 36.2. The van der Waals surface area contributed by atoms with Crippen molar-refractivity contribution in [1.82, 2.24) is 10.6 Å². The average molecular weight is 461 g/mol. The number of carbonyl (C=O) groups is 3. The zero-order valence-corrected chi connectivity index (χ0v) is 19.1. The van der Waals surface area contributed by atoms with Crippen LogP contribution in [0.3, 0.4) is 0 Å². The lowest BCUT2D eigenvalue weighted by Gasteiger charge is -2.40. The lowest BCUT2D eigenvalue weighted by Crippen LogP contribution is -2.55. The van der Waals surface area contributed by atoms with E-state index >= 15 is 0 Å². The van der Waals surface area contributed by atoms with Gasteiger partial charge in [-0.25, -0.2) is 9.59 Å². The minimum Gasteiger partial charge on any atom is -0.472 e. The highest BCUT2D eigenvalue weighted by Gasteiger charge is 2.44. The van der Waals surface area contributed by atoms with E-state index in [1.165, 1.54) is 0 Å². The maximum Gasteiger partial charge on any atom is 0.407 e. The quantitative estimate of drug-likeness (QED) is 0.591. The molecule has 1 fully saturated rings. The van der Waals surface area contributed by atoms with E-state index in [0.717, 1.165) is 35.1 Å². The molecule has 2 aliphatic carbocycles. The number of amides is 2. The summed E-state index contributed by atoms with van der Waals surface area (Å²) >= 11 is 0. The second-order valence-corrected chi connectivity index (χ2v) is 8.98. The molecule has 2 aliphatic rings. The Balaban J connectivity index is 1.40. The van der Waals surface area contributed by atoms with Crippen LogP contribution in [0.5, 0.6) is 0 Å². The molecule has 0 spiro atoms. The van der Waals surface area contributed by atoms with Crippen LogP contribution in [0.4, 0.5) is 4.79 Å². The van der Waals surface area contributed by atoms with E-state index in [0.29, 0.717) is 12.8 Å². The largest absolute Gasteiger partial charge is 0.472 e. The minimum atomic E-state index is -1.24. The molecular formula is C27H28N2O5. The first-order chi connectivity index (χ1) is 16.4. The molecule has 4 rings (SSSR count). The third-order valence-electron chi connectivity index (χ3n) is 6.90. The molecule has 2 atom stereocenters. The number of fused-ring (bicyclic) bond motifs is 3. The Kier molecular flexibility index (Phi) is 6.87. The van der Waals surface area contributed by atoms with Gasteiger partial charge in [-0.05, 0) is 42.0 Å². The number of hydrogen-bond acceptors (Lipinski definition) is 4. The maximum absolute atomic E-state index is 12.9. The first-order valence-electron chi connectivity index (χ1n) is 11.5. The number of aliphatic carboxylic acids is 1. The number of carboxylic acid groups (broad SMARTS) is 1. The molecule has 0 aromatic heterocycles. The van der Waals surface area contributed by atoms with Crippen molar-refractivity contribution in [3.05, 3.63) is 59.7 Å². The number of ether oxygens (including phenoxy) is 1. The predicted molar refractivity (Wildman–Crippen MR) is 127 cm³/mol. The van der Waals surface area contributed by atoms with Crippen LogP contribution in [0.1, 0.15) is 49.7 Å². The number of alkyl carbamates (subject to hydrolysis) is 1. The van der Waals surface area contributed by atoms with Gasteiger partial charge < -0.3 is 20.5 Å². The Hall–Kier alpha value is -3.79. The van der Waals surface area contributed by atoms with Gasteiger partial charge in [0, 0.05) is 17.9 Å². The van der Waals surface area contributed by atoms with Gasteiger partial charge in [-0.3, -0.25) is 4.79 Å². The predicted octanol–water partition coefficient (Wildman–Crippen LogP) is 3.68. The van der Waals surface area contributed by atoms with Crippen molar-refractivity contribution in [2.45, 2.75) is 44.6 Å². The molecular weight excluding hydrogens is 432 g/mol. The topological polar surface area (TPSA) is 105 Å². The number of carboxylic acids is 1. The highest BCUT2D eigenvalue weighted by Crippen LogP contribution is 2.44. The van der Waals surface area contributed by atoms with Crippen LogP contribution < -0.4 is 10.6 Å². The zero-order valence-electron chi connectivity index (χ0n) is 19.1. The Labute approximate surface area is 198 Å². The lowest BCUT2D eigenvalue weighted by molar-refractivity contribution is -0.133. The van der Waals surface area contributed by atoms with E-state index in [9.17, 15) is 14.4 Å². The Morgan fingerprint density at radius 3 is 2.35 bits per heavy atom. The van der Waals surface area contributed by atoms with Crippen LogP contribution in [0.15, 0.2) is 48.5 Å². The van der Waals surface area contributed by atoms with Crippen LogP contribution in [-0.2, 0) is 14.3 Å². The normalized spacial score (nSPS) is 20.8. The molecule has 0 heterocycles. The van der Waals surface area contributed by atoms with Crippen molar-refractivity contribution in [3.8, 4) is 23.0 Å². The van der Waals surface area contributed by atoms with E-state index in [1.54, 1.807) is 0 Å². The van der Waals surface area contributed by atoms with Crippen LogP contribution in [0.2, 0.25) is 0 Å². The second kappa shape index (κ2) is 10.0. The monoisotopic (exact) mass is 460 g/mol. The standard InChI is InChI=1S/C27H28N2O5/c1-27(25(32)28-16-8-14-24(30)31)15-7-6-13-23(27)29-26(33)34-17-22-20-11-4-2-9-18(20)19-10-3-5-12-21(19)22/h2-5,9-12,22-23H,6-7,13,15-17H2,1H3,(H,28,32)(H,29,33)(H,30,31). The smallest absolute Gasteiger partial charge is 0.407 e. The van der Waals surface area contributed by atoms with Gasteiger partial charge in [0.2, 0.25) is 5.91 Å². The Morgan fingerprint density at radius 2 is 1.71 bits per heavy atom. The number of carbonyl (C=O) groups excluding carboxylic acids is 2. The fraction of sp³-hybridized carbons (Fsp3) is 0.370. The number of benzene rings is 2. The van der Waals surface area contributed by atoms with E-state index in [2.05, 4.69) is 40.8 Å². The highest BCUT2D eigenvalue weighted by molar-refractivity contribution is 5.87. The second-order valence-electron chi connectivity index (χ2n) is 8.98. The van der Waals surface area contributed by atoms with Gasteiger partial charge in [0.05, 0.1) is 12.0 Å². The van der Waals surface area contributed by atoms with Crippen molar-refractivity contribution >= 4 is 18.0 Å². The van der Waals surface area contributed by atoms with E-state index in [1.807, 2.05) is 37.1 Å². The molecule has 7 heteroatoms. The van der Waals surface area contributed by atoms with Crippen molar-refractivity contribution in [2.24, 2.45) is 5.41 Å². The summed E-state index contributed by atoms with van der Waals surface area (Å²) in [6.07, 6.45) is 2.50. The van der Waals surface area contributed by atoms with E-state index in [4.69, 9.17) is 9.84 Å². The molecule has 0 aliphatic heterocycles. The SMILES string of the molecule is CC1(C(=O)NCC#CC(=O)O)CCCCC1NC(=O)OCC1c2ccccc2-c2ccccc21. The lowest BCUT2D eigenvalue weighted by atomic mass is 9.71. The summed E-state index contributed by atoms with van der Waals surface area (Å²) in [5.41, 5.74) is 3.78. The van der Waals surface area contributed by atoms with Gasteiger partial charge in [-0.1, -0.05) is 67.3 Å². The summed E-state index contributed by atoms with van der Waals surface area (Å²) in [6.45, 7) is 1.97. The van der Waals surface area contributed by atoms with Gasteiger partial charge in [0.15, 0.2) is 0 Å². The summed E-state index contributed by atoms with van der Waals surface area (Å²) in [5, 5.41) is 14.2. The third kappa shape index (κ3) is 4.76. The molecule has 2 aromatic rings. The number of nitrogens with one attached hydrogen (secondary N) is 2. The number of rotatable bonds is 5. The van der Waals surface area contributed by atoms with E-state index in [-0.39, 0.29) is 31.0 Å². The van der Waals surface area contributed by atoms with Crippen LogP contribution >= 0.6 is 0 Å². The molecule has 0 bridgehead atoms. The van der Waals surface area contributed by atoms with Gasteiger partial charge in [-0.15, -0.1) is 0 Å². The van der Waals surface area contributed by atoms with Gasteiger partial charge >= 0.3 is 12.1 Å². The molecule has 34 heavy (non-hydrogen) atoms. The first-order valence-corrected chi connectivity index (χ1v) is 11.5. The molecule has 2 amide bonds. The summed E-state index contributed by atoms with van der Waals surface area (Å²) in [5.74, 6) is 2.85. The van der Waals surface area contributed by atoms with Crippen LogP contribution in [0, 0.1) is 17.3 Å². The molecule has 7 nitrogen and oxygen atoms in total. The highest BCUT2D eigenvalue weighted by atomic mass is 16.5. The first kappa shape index (κ1) is 23.4. The van der Waals surface area contributed by atoms with Gasteiger partial charge in [0.25, 0.3) is 0 Å². The summed E-state index contributed by atoms with van der Waals surface area (Å²) < 4.78 is 5.67. The molecule has 176 valence electrons. The Morgan fingerprint density at radius 1 is 1.06 bits per heavy atom. The van der Waals surface area contributed by atoms with Crippen molar-refractivity contribution in [2.75, 3.05) is 13.2 Å². The Bertz CT molecular complexity index is 1120. The molecule has 1 saturated carbocycles. The zero-order chi connectivity index (χ0) is 24.1. The molecule has 2 aromatic carbocycles. The average Bonchev–Trinajstić information content (AvgIpc) is 3.15. The summed E-state index contributed by atoms with van der Waals surface area (Å²) in [6, 6.07) is 15.9. The van der Waals surface area contributed by atoms with Crippen molar-refractivity contribution < 1.29 is 24.2 Å². The summed E-state index contributed by atoms with van der Waals surface area (Å²) in [7, 11) is 0. The van der Waals surface area contributed by atoms with Gasteiger partial charge in [0.1, 0.15) is 6.61 Å². The molecule has 2 unspecified atom stereocenters. The fourth-order valence-electron chi connectivity index (χ4n) is 5.07. The minimum absolute atomic E-state index is 0.0352. The van der Waals surface area contributed by atoms with Crippen molar-refractivity contribution in [1.29, 1.82) is 0 Å². The van der Waals surface area contributed by atoms with Crippen LogP contribution in [-0.4, -0.2) is 42.3 Å². The fourth-order valence-corrected chi connectivity index (χ4v) is 5.07. The van der Waals surface area contributed by atoms with Crippen LogP contribution in [0.25, 0.3) is 11.1 Å². The van der Waals surface area contributed by atoms with Crippen molar-refractivity contribution in [3.63, 3.8) is 0 Å².